The van der Waals surface area contributed by atoms with Gasteiger partial charge in [0.15, 0.2) is 11.7 Å². The number of nitrogens with one attached hydrogen (secondary N) is 2. The summed E-state index contributed by atoms with van der Waals surface area (Å²) in [7, 11) is -3.26. The highest BCUT2D eigenvalue weighted by Gasteiger charge is 2.27. The lowest BCUT2D eigenvalue weighted by Crippen LogP contribution is -2.38. The molecule has 8 N–H and O–H groups in total. The zero-order chi connectivity index (χ0) is 20.6. The topological polar surface area (TPSA) is 167 Å². The van der Waals surface area contributed by atoms with Crippen molar-refractivity contribution in [1.29, 1.82) is 0 Å². The molecule has 10 nitrogen and oxygen atoms in total. The highest BCUT2D eigenvalue weighted by molar-refractivity contribution is 8.23. The van der Waals surface area contributed by atoms with Gasteiger partial charge in [-0.05, 0) is 30.3 Å². The van der Waals surface area contributed by atoms with Crippen molar-refractivity contribution in [3.05, 3.63) is 46.5 Å². The fourth-order valence-electron chi connectivity index (χ4n) is 2.55. The molecule has 29 heavy (non-hydrogen) atoms. The van der Waals surface area contributed by atoms with E-state index in [1.165, 1.54) is 17.4 Å². The third kappa shape index (κ3) is 4.31. The molecule has 0 atom stereocenters. The Hall–Kier alpha value is -2.77. The number of hydrogen-bond acceptors (Lipinski definition) is 7. The van der Waals surface area contributed by atoms with Crippen LogP contribution in [0.4, 0.5) is 10.8 Å². The van der Waals surface area contributed by atoms with E-state index >= 15 is 0 Å². The zero-order valence-corrected chi connectivity index (χ0v) is 17.1. The van der Waals surface area contributed by atoms with Gasteiger partial charge in [-0.3, -0.25) is 9.11 Å². The summed E-state index contributed by atoms with van der Waals surface area (Å²) in [5, 5.41) is 5.61. The van der Waals surface area contributed by atoms with Crippen LogP contribution in [-0.2, 0) is 6.54 Å². The first kappa shape index (κ1) is 19.5. The molecule has 0 unspecified atom stereocenters. The van der Waals surface area contributed by atoms with Gasteiger partial charge >= 0.3 is 0 Å². The van der Waals surface area contributed by atoms with Crippen molar-refractivity contribution < 1.29 is 13.5 Å². The molecule has 152 valence electrons. The Morgan fingerprint density at radius 2 is 2.10 bits per heavy atom. The van der Waals surface area contributed by atoms with Crippen molar-refractivity contribution in [3.63, 3.8) is 0 Å². The van der Waals surface area contributed by atoms with Crippen LogP contribution in [0.25, 0.3) is 11.5 Å². The molecule has 1 aliphatic rings. The molecule has 0 spiro atoms. The Morgan fingerprint density at radius 3 is 2.90 bits per heavy atom. The summed E-state index contributed by atoms with van der Waals surface area (Å²) in [6.07, 6.45) is 0. The number of guanidine groups is 2. The molecular formula is C16H16ClN7O3S2. The molecule has 2 aromatic heterocycles. The molecule has 3 heterocycles. The molecule has 0 saturated heterocycles. The Morgan fingerprint density at radius 1 is 1.28 bits per heavy atom. The monoisotopic (exact) mass is 453 g/mol. The van der Waals surface area contributed by atoms with Gasteiger partial charge in [-0.2, -0.15) is 4.99 Å². The van der Waals surface area contributed by atoms with Crippen LogP contribution in [0.1, 0.15) is 5.76 Å². The van der Waals surface area contributed by atoms with E-state index in [2.05, 4.69) is 25.0 Å². The van der Waals surface area contributed by atoms with Crippen molar-refractivity contribution in [2.45, 2.75) is 11.4 Å². The molecule has 1 aromatic carbocycles. The average Bonchev–Trinajstić information content (AvgIpc) is 3.29. The van der Waals surface area contributed by atoms with Crippen molar-refractivity contribution in [1.82, 2.24) is 9.71 Å². The van der Waals surface area contributed by atoms with E-state index in [1.807, 2.05) is 0 Å². The number of fused-ring (bicyclic) bond motifs is 1. The maximum Gasteiger partial charge on any atom is 0.215 e. The lowest BCUT2D eigenvalue weighted by molar-refractivity contribution is 0.480. The van der Waals surface area contributed by atoms with Crippen LogP contribution in [-0.4, -0.2) is 26.0 Å². The second-order valence-corrected chi connectivity index (χ2v) is 8.91. The number of halogens is 1. The molecule has 0 fully saturated rings. The number of anilines is 1. The number of nitrogens with zero attached hydrogens (tertiary/aromatic N) is 3. The van der Waals surface area contributed by atoms with Crippen LogP contribution in [0, 0.1) is 0 Å². The minimum atomic E-state index is -3.26. The van der Waals surface area contributed by atoms with Gasteiger partial charge in [0.25, 0.3) is 0 Å². The van der Waals surface area contributed by atoms with Gasteiger partial charge < -0.3 is 21.2 Å². The Kier molecular flexibility index (Phi) is 5.10. The predicted molar refractivity (Wildman–Crippen MR) is 116 cm³/mol. The third-order valence-electron chi connectivity index (χ3n) is 3.77. The van der Waals surface area contributed by atoms with Gasteiger partial charge in [0.05, 0.1) is 5.69 Å². The van der Waals surface area contributed by atoms with E-state index < -0.39 is 10.8 Å². The molecular weight excluding hydrogens is 438 g/mol. The lowest BCUT2D eigenvalue weighted by Gasteiger charge is -2.39. The largest absolute Gasteiger partial charge is 0.457 e. The Bertz CT molecular complexity index is 1120. The molecule has 3 aromatic rings. The fourth-order valence-corrected chi connectivity index (χ4v) is 4.69. The first-order valence-corrected chi connectivity index (χ1v) is 10.9. The summed E-state index contributed by atoms with van der Waals surface area (Å²) >= 11 is 7.21. The minimum Gasteiger partial charge on any atom is -0.457 e. The number of aromatic nitrogens is 1. The van der Waals surface area contributed by atoms with Crippen molar-refractivity contribution in [2.24, 2.45) is 21.5 Å². The van der Waals surface area contributed by atoms with Gasteiger partial charge in [0, 0.05) is 10.4 Å². The van der Waals surface area contributed by atoms with Gasteiger partial charge in [-0.15, -0.1) is 11.3 Å². The normalized spacial score (nSPS) is 17.1. The van der Waals surface area contributed by atoms with Crippen LogP contribution >= 0.6 is 33.7 Å². The quantitative estimate of drug-likeness (QED) is 0.257. The molecule has 1 aliphatic heterocycles. The van der Waals surface area contributed by atoms with Crippen LogP contribution in [0.15, 0.2) is 55.0 Å². The van der Waals surface area contributed by atoms with Crippen LogP contribution in [0.3, 0.4) is 0 Å². The molecule has 4 rings (SSSR count). The SMILES string of the molecule is NC(N)=Nc1nc(-c2ccc(CN=C3Nc4ccc(Cl)cc4S(O)(O)N3)o2)cs1. The van der Waals surface area contributed by atoms with E-state index in [1.54, 1.807) is 29.6 Å². The Balaban J connectivity index is 1.50. The van der Waals surface area contributed by atoms with E-state index in [4.69, 9.17) is 27.5 Å². The van der Waals surface area contributed by atoms with Crippen LogP contribution < -0.4 is 21.5 Å². The number of nitrogens with two attached hydrogens (primary N) is 2. The van der Waals surface area contributed by atoms with Gasteiger partial charge in [0.2, 0.25) is 11.1 Å². The number of aliphatic imine (C=N–C) groups is 2. The first-order chi connectivity index (χ1) is 13.8. The van der Waals surface area contributed by atoms with E-state index in [-0.39, 0.29) is 23.4 Å². The minimum absolute atomic E-state index is 0.0656. The molecule has 13 heteroatoms. The van der Waals surface area contributed by atoms with E-state index in [0.29, 0.717) is 33.1 Å². The van der Waals surface area contributed by atoms with Crippen molar-refractivity contribution in [2.75, 3.05) is 5.32 Å². The van der Waals surface area contributed by atoms with Crippen molar-refractivity contribution in [3.8, 4) is 11.5 Å². The maximum absolute atomic E-state index is 10.3. The summed E-state index contributed by atoms with van der Waals surface area (Å²) in [5.74, 6) is 1.25. The lowest BCUT2D eigenvalue weighted by atomic mass is 10.3. The zero-order valence-electron chi connectivity index (χ0n) is 14.7. The molecule has 0 aliphatic carbocycles. The highest BCUT2D eigenvalue weighted by Crippen LogP contribution is 2.51. The van der Waals surface area contributed by atoms with Crippen LogP contribution in [0.2, 0.25) is 5.02 Å². The molecule has 0 radical (unpaired) electrons. The van der Waals surface area contributed by atoms with Crippen LogP contribution in [0.5, 0.6) is 0 Å². The summed E-state index contributed by atoms with van der Waals surface area (Å²) in [4.78, 5) is 12.8. The first-order valence-electron chi connectivity index (χ1n) is 8.11. The smallest absolute Gasteiger partial charge is 0.215 e. The number of hydrogen-bond donors (Lipinski definition) is 6. The summed E-state index contributed by atoms with van der Waals surface area (Å²) in [5.41, 5.74) is 11.8. The fraction of sp³-hybridized carbons (Fsp3) is 0.0625. The second kappa shape index (κ2) is 7.57. The van der Waals surface area contributed by atoms with E-state index in [0.717, 1.165) is 0 Å². The van der Waals surface area contributed by atoms with Gasteiger partial charge in [-0.25, -0.2) is 14.7 Å². The number of thiazole rings is 1. The average molecular weight is 454 g/mol. The van der Waals surface area contributed by atoms with Crippen molar-refractivity contribution >= 4 is 56.5 Å². The third-order valence-corrected chi connectivity index (χ3v) is 6.16. The molecule has 0 saturated carbocycles. The number of rotatable bonds is 4. The number of benzene rings is 1. The second-order valence-electron chi connectivity index (χ2n) is 5.90. The predicted octanol–water partition coefficient (Wildman–Crippen LogP) is 3.56. The molecule has 0 bridgehead atoms. The number of furan rings is 1. The van der Waals surface area contributed by atoms with E-state index in [9.17, 15) is 9.11 Å². The summed E-state index contributed by atoms with van der Waals surface area (Å²) < 4.78 is 29.0. The maximum atomic E-state index is 10.3. The van der Waals surface area contributed by atoms with Gasteiger partial charge in [-0.1, -0.05) is 22.4 Å². The summed E-state index contributed by atoms with van der Waals surface area (Å²) in [6.45, 7) is 0.165. The molecule has 0 amide bonds. The highest BCUT2D eigenvalue weighted by atomic mass is 35.5. The standard InChI is InChI=1S/C16H16ClN7O3S2/c17-8-1-3-10-13(5-8)29(25,26)24-15(21-10)20-6-9-2-4-12(27-9)11-7-28-16(22-11)23-14(18)19/h1-5,7,25-26H,6H2,(H2,20,21,24)(H4,18,19,22,23). The summed E-state index contributed by atoms with van der Waals surface area (Å²) in [6, 6.07) is 8.31. The van der Waals surface area contributed by atoms with Gasteiger partial charge in [0.1, 0.15) is 22.9 Å². The Labute approximate surface area is 175 Å².